The number of amides is 2. The molecule has 2 aromatic rings. The summed E-state index contributed by atoms with van der Waals surface area (Å²) in [5.74, 6) is 0.555. The van der Waals surface area contributed by atoms with E-state index in [1.165, 1.54) is 30.4 Å². The standard InChI is InChI=1S/C20H26N4O/c1-14-8-10-18(15(2)12-14)22-17-9-11-19(21-13-17)24-20(25)23-16-6-4-3-5-7-16/h8-13,16,22H,3-7H2,1-2H3,(H2,21,23,24,25). The van der Waals surface area contributed by atoms with Crippen LogP contribution < -0.4 is 16.0 Å². The third-order valence-electron chi connectivity index (χ3n) is 4.61. The first-order valence-corrected chi connectivity index (χ1v) is 8.98. The van der Waals surface area contributed by atoms with E-state index >= 15 is 0 Å². The topological polar surface area (TPSA) is 66.0 Å². The summed E-state index contributed by atoms with van der Waals surface area (Å²) in [6.07, 6.45) is 7.54. The lowest BCUT2D eigenvalue weighted by Gasteiger charge is -2.22. The molecule has 0 atom stereocenters. The van der Waals surface area contributed by atoms with Crippen molar-refractivity contribution in [2.24, 2.45) is 0 Å². The Hall–Kier alpha value is -2.56. The van der Waals surface area contributed by atoms with Crippen molar-refractivity contribution in [2.75, 3.05) is 10.6 Å². The van der Waals surface area contributed by atoms with E-state index in [9.17, 15) is 4.79 Å². The molecule has 0 saturated heterocycles. The minimum Gasteiger partial charge on any atom is -0.354 e. The van der Waals surface area contributed by atoms with Gasteiger partial charge in [-0.05, 0) is 50.5 Å². The summed E-state index contributed by atoms with van der Waals surface area (Å²) in [5, 5.41) is 9.19. The van der Waals surface area contributed by atoms with Gasteiger partial charge in [-0.1, -0.05) is 37.0 Å². The third-order valence-corrected chi connectivity index (χ3v) is 4.61. The van der Waals surface area contributed by atoms with Crippen LogP contribution in [-0.2, 0) is 0 Å². The monoisotopic (exact) mass is 338 g/mol. The highest BCUT2D eigenvalue weighted by Crippen LogP contribution is 2.22. The lowest BCUT2D eigenvalue weighted by Crippen LogP contribution is -2.39. The molecule has 1 aromatic carbocycles. The van der Waals surface area contributed by atoms with Crippen LogP contribution in [0, 0.1) is 13.8 Å². The molecule has 1 heterocycles. The molecular formula is C20H26N4O. The third kappa shape index (κ3) is 4.95. The Labute approximate surface area is 149 Å². The van der Waals surface area contributed by atoms with Crippen LogP contribution in [0.5, 0.6) is 0 Å². The maximum Gasteiger partial charge on any atom is 0.320 e. The molecule has 2 amide bonds. The summed E-state index contributed by atoms with van der Waals surface area (Å²) >= 11 is 0. The fraction of sp³-hybridized carbons (Fsp3) is 0.400. The number of hydrogen-bond donors (Lipinski definition) is 3. The van der Waals surface area contributed by atoms with Crippen molar-refractivity contribution >= 4 is 23.2 Å². The molecule has 3 rings (SSSR count). The molecule has 25 heavy (non-hydrogen) atoms. The van der Waals surface area contributed by atoms with Crippen LogP contribution in [-0.4, -0.2) is 17.1 Å². The second-order valence-electron chi connectivity index (χ2n) is 6.81. The number of carbonyl (C=O) groups excluding carboxylic acids is 1. The Bertz CT molecular complexity index is 721. The van der Waals surface area contributed by atoms with Gasteiger partial charge in [0.1, 0.15) is 5.82 Å². The zero-order chi connectivity index (χ0) is 17.6. The molecule has 1 saturated carbocycles. The van der Waals surface area contributed by atoms with Gasteiger partial charge in [0.2, 0.25) is 0 Å². The minimum absolute atomic E-state index is 0.172. The number of pyridine rings is 1. The molecule has 3 N–H and O–H groups in total. The van der Waals surface area contributed by atoms with Gasteiger partial charge in [-0.15, -0.1) is 0 Å². The molecule has 0 aliphatic heterocycles. The van der Waals surface area contributed by atoms with Crippen LogP contribution in [0.2, 0.25) is 0 Å². The van der Waals surface area contributed by atoms with Gasteiger partial charge in [-0.2, -0.15) is 0 Å². The lowest BCUT2D eigenvalue weighted by molar-refractivity contribution is 0.244. The van der Waals surface area contributed by atoms with E-state index in [1.807, 2.05) is 12.1 Å². The molecule has 1 aliphatic carbocycles. The van der Waals surface area contributed by atoms with E-state index in [2.05, 4.69) is 53.0 Å². The number of aromatic nitrogens is 1. The van der Waals surface area contributed by atoms with Crippen molar-refractivity contribution in [3.8, 4) is 0 Å². The van der Waals surface area contributed by atoms with Crippen LogP contribution in [0.1, 0.15) is 43.2 Å². The Kier molecular flexibility index (Phi) is 5.53. The van der Waals surface area contributed by atoms with E-state index in [4.69, 9.17) is 0 Å². The summed E-state index contributed by atoms with van der Waals surface area (Å²) in [7, 11) is 0. The Morgan fingerprint density at radius 1 is 1.08 bits per heavy atom. The number of urea groups is 1. The summed E-state index contributed by atoms with van der Waals surface area (Å²) in [5.41, 5.74) is 4.38. The molecule has 1 aromatic heterocycles. The number of rotatable bonds is 4. The number of anilines is 3. The maximum atomic E-state index is 12.1. The average molecular weight is 338 g/mol. The van der Waals surface area contributed by atoms with Gasteiger partial charge in [-0.3, -0.25) is 5.32 Å². The van der Waals surface area contributed by atoms with Gasteiger partial charge >= 0.3 is 6.03 Å². The van der Waals surface area contributed by atoms with Gasteiger partial charge in [-0.25, -0.2) is 9.78 Å². The molecule has 132 valence electrons. The zero-order valence-corrected chi connectivity index (χ0v) is 14.9. The van der Waals surface area contributed by atoms with E-state index in [1.54, 1.807) is 6.20 Å². The Balaban J connectivity index is 1.55. The van der Waals surface area contributed by atoms with Crippen molar-refractivity contribution in [1.82, 2.24) is 10.3 Å². The highest BCUT2D eigenvalue weighted by molar-refractivity contribution is 5.88. The lowest BCUT2D eigenvalue weighted by atomic mass is 9.96. The Morgan fingerprint density at radius 2 is 1.88 bits per heavy atom. The predicted molar refractivity (Wildman–Crippen MR) is 102 cm³/mol. The number of aryl methyl sites for hydroxylation is 2. The summed E-state index contributed by atoms with van der Waals surface area (Å²) < 4.78 is 0. The van der Waals surface area contributed by atoms with Crippen LogP contribution >= 0.6 is 0 Å². The number of benzene rings is 1. The van der Waals surface area contributed by atoms with Crippen molar-refractivity contribution in [3.05, 3.63) is 47.7 Å². The fourth-order valence-corrected chi connectivity index (χ4v) is 3.24. The second kappa shape index (κ2) is 8.01. The predicted octanol–water partition coefficient (Wildman–Crippen LogP) is 4.90. The van der Waals surface area contributed by atoms with Gasteiger partial charge in [0, 0.05) is 11.7 Å². The van der Waals surface area contributed by atoms with Crippen molar-refractivity contribution in [1.29, 1.82) is 0 Å². The number of hydrogen-bond acceptors (Lipinski definition) is 3. The normalized spacial score (nSPS) is 14.8. The van der Waals surface area contributed by atoms with E-state index in [0.717, 1.165) is 24.2 Å². The molecule has 1 fully saturated rings. The van der Waals surface area contributed by atoms with Crippen molar-refractivity contribution < 1.29 is 4.79 Å². The number of nitrogens with zero attached hydrogens (tertiary/aromatic N) is 1. The van der Waals surface area contributed by atoms with Crippen LogP contribution in [0.25, 0.3) is 0 Å². The van der Waals surface area contributed by atoms with Crippen molar-refractivity contribution in [2.45, 2.75) is 52.0 Å². The Morgan fingerprint density at radius 3 is 2.56 bits per heavy atom. The second-order valence-corrected chi connectivity index (χ2v) is 6.81. The molecular weight excluding hydrogens is 312 g/mol. The first-order valence-electron chi connectivity index (χ1n) is 8.98. The molecule has 0 bridgehead atoms. The van der Waals surface area contributed by atoms with Crippen LogP contribution in [0.15, 0.2) is 36.5 Å². The van der Waals surface area contributed by atoms with Gasteiger partial charge in [0.05, 0.1) is 11.9 Å². The number of carbonyl (C=O) groups is 1. The molecule has 0 spiro atoms. The smallest absolute Gasteiger partial charge is 0.320 e. The molecule has 1 aliphatic rings. The van der Waals surface area contributed by atoms with E-state index in [0.29, 0.717) is 11.9 Å². The quantitative estimate of drug-likeness (QED) is 0.743. The van der Waals surface area contributed by atoms with E-state index < -0.39 is 0 Å². The first kappa shape index (κ1) is 17.3. The molecule has 5 nitrogen and oxygen atoms in total. The largest absolute Gasteiger partial charge is 0.354 e. The van der Waals surface area contributed by atoms with Crippen molar-refractivity contribution in [3.63, 3.8) is 0 Å². The molecule has 5 heteroatoms. The van der Waals surface area contributed by atoms with Crippen LogP contribution in [0.4, 0.5) is 22.0 Å². The van der Waals surface area contributed by atoms with E-state index in [-0.39, 0.29) is 6.03 Å². The first-order chi connectivity index (χ1) is 12.1. The summed E-state index contributed by atoms with van der Waals surface area (Å²) in [4.78, 5) is 16.4. The molecule has 0 unspecified atom stereocenters. The SMILES string of the molecule is Cc1ccc(Nc2ccc(NC(=O)NC3CCCCC3)nc2)c(C)c1. The van der Waals surface area contributed by atoms with Gasteiger partial charge < -0.3 is 10.6 Å². The number of nitrogens with one attached hydrogen (secondary N) is 3. The maximum absolute atomic E-state index is 12.1. The highest BCUT2D eigenvalue weighted by atomic mass is 16.2. The van der Waals surface area contributed by atoms with Gasteiger partial charge in [0.25, 0.3) is 0 Å². The minimum atomic E-state index is -0.172. The summed E-state index contributed by atoms with van der Waals surface area (Å²) in [6.45, 7) is 4.16. The van der Waals surface area contributed by atoms with Gasteiger partial charge in [0.15, 0.2) is 0 Å². The highest BCUT2D eigenvalue weighted by Gasteiger charge is 2.15. The summed E-state index contributed by atoms with van der Waals surface area (Å²) in [6, 6.07) is 10.1. The average Bonchev–Trinajstić information content (AvgIpc) is 2.60. The fourth-order valence-electron chi connectivity index (χ4n) is 3.24. The zero-order valence-electron chi connectivity index (χ0n) is 14.9. The molecule has 0 radical (unpaired) electrons. The van der Waals surface area contributed by atoms with Crippen LogP contribution in [0.3, 0.4) is 0 Å².